The van der Waals surface area contributed by atoms with E-state index in [-0.39, 0.29) is 5.57 Å². The highest BCUT2D eigenvalue weighted by atomic mass is 16.7. The van der Waals surface area contributed by atoms with Crippen LogP contribution in [0.2, 0.25) is 0 Å². The van der Waals surface area contributed by atoms with Crippen molar-refractivity contribution in [3.8, 4) is 11.3 Å². The predicted molar refractivity (Wildman–Crippen MR) is 98.6 cm³/mol. The first-order valence-electron chi connectivity index (χ1n) is 9.03. The standard InChI is InChI=1S/C20H21N3O4/c1-20(2)26-18(24)15(19(25)27-20)11-21-13-9-7-12(8-10-13)17-14-5-3-4-6-16(14)22-23-17/h7-11,21H,3-6H2,1-2H3,(H,22,23). The number of nitrogens with zero attached hydrogens (tertiary/aromatic N) is 1. The highest BCUT2D eigenvalue weighted by Crippen LogP contribution is 2.30. The molecule has 27 heavy (non-hydrogen) atoms. The molecule has 7 nitrogen and oxygen atoms in total. The Hall–Kier alpha value is -3.09. The summed E-state index contributed by atoms with van der Waals surface area (Å²) in [6, 6.07) is 7.68. The van der Waals surface area contributed by atoms with Gasteiger partial charge in [0.05, 0.1) is 5.69 Å². The number of cyclic esters (lactones) is 2. The molecule has 7 heteroatoms. The highest BCUT2D eigenvalue weighted by molar-refractivity contribution is 6.15. The van der Waals surface area contributed by atoms with Crippen LogP contribution in [0.25, 0.3) is 11.3 Å². The number of rotatable bonds is 3. The summed E-state index contributed by atoms with van der Waals surface area (Å²) in [5.74, 6) is -2.65. The summed E-state index contributed by atoms with van der Waals surface area (Å²) in [5, 5.41) is 10.6. The van der Waals surface area contributed by atoms with Crippen LogP contribution < -0.4 is 5.32 Å². The molecule has 0 radical (unpaired) electrons. The number of aryl methyl sites for hydroxylation is 1. The Morgan fingerprint density at radius 1 is 1.07 bits per heavy atom. The van der Waals surface area contributed by atoms with Crippen LogP contribution >= 0.6 is 0 Å². The number of hydrogen-bond donors (Lipinski definition) is 2. The summed E-state index contributed by atoms with van der Waals surface area (Å²) in [6.07, 6.45) is 5.81. The van der Waals surface area contributed by atoms with Gasteiger partial charge in [0.25, 0.3) is 5.79 Å². The zero-order valence-corrected chi connectivity index (χ0v) is 15.3. The molecule has 1 aliphatic heterocycles. The van der Waals surface area contributed by atoms with E-state index < -0.39 is 17.7 Å². The maximum Gasteiger partial charge on any atom is 0.350 e. The third-order valence-corrected chi connectivity index (χ3v) is 4.71. The first-order valence-corrected chi connectivity index (χ1v) is 9.03. The Balaban J connectivity index is 1.50. The number of aromatic nitrogens is 2. The molecule has 140 valence electrons. The quantitative estimate of drug-likeness (QED) is 0.492. The smallest absolute Gasteiger partial charge is 0.350 e. The van der Waals surface area contributed by atoms with Gasteiger partial charge in [-0.15, -0.1) is 0 Å². The summed E-state index contributed by atoms with van der Waals surface area (Å²) in [4.78, 5) is 23.9. The van der Waals surface area contributed by atoms with Crippen molar-refractivity contribution in [2.75, 3.05) is 5.32 Å². The van der Waals surface area contributed by atoms with Crippen molar-refractivity contribution < 1.29 is 19.1 Å². The largest absolute Gasteiger partial charge is 0.419 e. The zero-order chi connectivity index (χ0) is 19.0. The Labute approximate surface area is 156 Å². The van der Waals surface area contributed by atoms with Crippen LogP contribution in [0.3, 0.4) is 0 Å². The van der Waals surface area contributed by atoms with Crippen molar-refractivity contribution in [3.05, 3.63) is 47.3 Å². The maximum absolute atomic E-state index is 11.9. The van der Waals surface area contributed by atoms with Crippen LogP contribution in [-0.2, 0) is 31.9 Å². The molecule has 1 fully saturated rings. The molecule has 1 aromatic carbocycles. The number of fused-ring (bicyclic) bond motifs is 1. The van der Waals surface area contributed by atoms with E-state index in [1.165, 1.54) is 44.1 Å². The normalized spacial score (nSPS) is 18.4. The molecule has 0 spiro atoms. The summed E-state index contributed by atoms with van der Waals surface area (Å²) in [7, 11) is 0. The number of H-pyrrole nitrogens is 1. The van der Waals surface area contributed by atoms with Gasteiger partial charge in [-0.25, -0.2) is 9.59 Å². The first-order chi connectivity index (χ1) is 12.9. The molecule has 0 bridgehead atoms. The number of carbonyl (C=O) groups excluding carboxylic acids is 2. The van der Waals surface area contributed by atoms with Gasteiger partial charge in [-0.05, 0) is 37.8 Å². The summed E-state index contributed by atoms with van der Waals surface area (Å²) >= 11 is 0. The lowest BCUT2D eigenvalue weighted by atomic mass is 9.94. The number of carbonyl (C=O) groups is 2. The van der Waals surface area contributed by atoms with Crippen LogP contribution in [0.4, 0.5) is 5.69 Å². The summed E-state index contributed by atoms with van der Waals surface area (Å²) < 4.78 is 10.1. The molecule has 0 amide bonds. The summed E-state index contributed by atoms with van der Waals surface area (Å²) in [5.41, 5.74) is 5.14. The van der Waals surface area contributed by atoms with Gasteiger partial charge in [-0.2, -0.15) is 5.10 Å². The highest BCUT2D eigenvalue weighted by Gasteiger charge is 2.38. The van der Waals surface area contributed by atoms with Crippen LogP contribution in [0.1, 0.15) is 37.9 Å². The fourth-order valence-electron chi connectivity index (χ4n) is 3.38. The van der Waals surface area contributed by atoms with Crippen molar-refractivity contribution in [1.29, 1.82) is 0 Å². The maximum atomic E-state index is 11.9. The Kier molecular flexibility index (Phi) is 4.22. The fraction of sp³-hybridized carbons (Fsp3) is 0.350. The zero-order valence-electron chi connectivity index (χ0n) is 15.3. The van der Waals surface area contributed by atoms with E-state index in [2.05, 4.69) is 15.5 Å². The lowest BCUT2D eigenvalue weighted by molar-refractivity contribution is -0.222. The van der Waals surface area contributed by atoms with Crippen molar-refractivity contribution in [3.63, 3.8) is 0 Å². The number of ether oxygens (including phenoxy) is 2. The molecule has 2 N–H and O–H groups in total. The Bertz CT molecular complexity index is 903. The second-order valence-corrected chi connectivity index (χ2v) is 7.19. The minimum Gasteiger partial charge on any atom is -0.419 e. The number of nitrogens with one attached hydrogen (secondary N) is 2. The SMILES string of the molecule is CC1(C)OC(=O)C(=CNc2ccc(-c3n[nH]c4c3CCCC4)cc2)C(=O)O1. The lowest BCUT2D eigenvalue weighted by Crippen LogP contribution is -2.42. The van der Waals surface area contributed by atoms with Crippen molar-refractivity contribution >= 4 is 17.6 Å². The molecule has 1 saturated heterocycles. The second-order valence-electron chi connectivity index (χ2n) is 7.19. The molecule has 2 aromatic rings. The van der Waals surface area contributed by atoms with E-state index in [9.17, 15) is 9.59 Å². The van der Waals surface area contributed by atoms with Gasteiger partial charge in [0.2, 0.25) is 0 Å². The second kappa shape index (κ2) is 6.57. The Morgan fingerprint density at radius 3 is 2.44 bits per heavy atom. The van der Waals surface area contributed by atoms with Gasteiger partial charge in [0.15, 0.2) is 5.57 Å². The topological polar surface area (TPSA) is 93.3 Å². The van der Waals surface area contributed by atoms with E-state index in [0.29, 0.717) is 0 Å². The molecule has 2 heterocycles. The van der Waals surface area contributed by atoms with E-state index in [1.54, 1.807) is 0 Å². The molecule has 0 saturated carbocycles. The average molecular weight is 367 g/mol. The third-order valence-electron chi connectivity index (χ3n) is 4.71. The van der Waals surface area contributed by atoms with Gasteiger partial charge in [0, 0.05) is 42.6 Å². The molecule has 0 atom stereocenters. The van der Waals surface area contributed by atoms with Crippen molar-refractivity contribution in [2.45, 2.75) is 45.3 Å². The number of aromatic amines is 1. The molecule has 1 aromatic heterocycles. The van der Waals surface area contributed by atoms with Crippen LogP contribution in [0.5, 0.6) is 0 Å². The number of benzene rings is 1. The van der Waals surface area contributed by atoms with E-state index in [4.69, 9.17) is 9.47 Å². The van der Waals surface area contributed by atoms with Gasteiger partial charge < -0.3 is 14.8 Å². The lowest BCUT2D eigenvalue weighted by Gasteiger charge is -2.29. The van der Waals surface area contributed by atoms with Crippen molar-refractivity contribution in [2.24, 2.45) is 0 Å². The molecular formula is C20H21N3O4. The minimum atomic E-state index is -1.24. The molecular weight excluding hydrogens is 346 g/mol. The van der Waals surface area contributed by atoms with Gasteiger partial charge in [-0.3, -0.25) is 5.10 Å². The van der Waals surface area contributed by atoms with Gasteiger partial charge in [-0.1, -0.05) is 12.1 Å². The number of esters is 2. The molecule has 2 aliphatic rings. The van der Waals surface area contributed by atoms with Crippen LogP contribution in [0.15, 0.2) is 36.0 Å². The Morgan fingerprint density at radius 2 is 1.74 bits per heavy atom. The van der Waals surface area contributed by atoms with Crippen LogP contribution in [0, 0.1) is 0 Å². The summed E-state index contributed by atoms with van der Waals surface area (Å²) in [6.45, 7) is 3.03. The minimum absolute atomic E-state index is 0.167. The number of anilines is 1. The fourth-order valence-corrected chi connectivity index (χ4v) is 3.38. The third kappa shape index (κ3) is 3.45. The number of hydrogen-bond acceptors (Lipinski definition) is 6. The predicted octanol–water partition coefficient (Wildman–Crippen LogP) is 3.09. The van der Waals surface area contributed by atoms with Gasteiger partial charge >= 0.3 is 11.9 Å². The molecule has 0 unspecified atom stereocenters. The average Bonchev–Trinajstić information content (AvgIpc) is 3.05. The molecule has 4 rings (SSSR count). The van der Waals surface area contributed by atoms with Crippen LogP contribution in [-0.4, -0.2) is 27.9 Å². The van der Waals surface area contributed by atoms with E-state index >= 15 is 0 Å². The first kappa shape index (κ1) is 17.3. The van der Waals surface area contributed by atoms with Gasteiger partial charge in [0.1, 0.15) is 0 Å². The van der Waals surface area contributed by atoms with Crippen molar-refractivity contribution in [1.82, 2.24) is 10.2 Å². The monoisotopic (exact) mass is 367 g/mol. The van der Waals surface area contributed by atoms with E-state index in [0.717, 1.165) is 29.8 Å². The van der Waals surface area contributed by atoms with E-state index in [1.807, 2.05) is 24.3 Å². The molecule has 1 aliphatic carbocycles.